The summed E-state index contributed by atoms with van der Waals surface area (Å²) in [6, 6.07) is 8.29. The van der Waals surface area contributed by atoms with Gasteiger partial charge in [0, 0.05) is 3.57 Å². The summed E-state index contributed by atoms with van der Waals surface area (Å²) in [6.07, 6.45) is 8.03. The summed E-state index contributed by atoms with van der Waals surface area (Å²) in [5.74, 6) is 0.996. The van der Waals surface area contributed by atoms with Crippen LogP contribution in [0.4, 0.5) is 0 Å². The highest BCUT2D eigenvalue weighted by atomic mass is 127. The molecule has 0 N–H and O–H groups in total. The maximum Gasteiger partial charge on any atom is 0.119 e. The summed E-state index contributed by atoms with van der Waals surface area (Å²) in [5, 5.41) is 0. The Morgan fingerprint density at radius 1 is 0.947 bits per heavy atom. The van der Waals surface area contributed by atoms with Crippen molar-refractivity contribution in [3.8, 4) is 5.75 Å². The first-order chi connectivity index (χ1) is 9.34. The van der Waals surface area contributed by atoms with Gasteiger partial charge in [0.25, 0.3) is 0 Å². The zero-order valence-corrected chi connectivity index (χ0v) is 13.8. The summed E-state index contributed by atoms with van der Waals surface area (Å²) < 4.78 is 7.01. The molecule has 1 aromatic rings. The van der Waals surface area contributed by atoms with Crippen molar-refractivity contribution in [2.24, 2.45) is 0 Å². The minimum atomic E-state index is 0.842. The van der Waals surface area contributed by atoms with Crippen LogP contribution in [0.2, 0.25) is 0 Å². The Balaban J connectivity index is 1.55. The molecule has 19 heavy (non-hydrogen) atoms. The third-order valence-electron chi connectivity index (χ3n) is 3.65. The van der Waals surface area contributed by atoms with Crippen LogP contribution in [0.5, 0.6) is 5.75 Å². The van der Waals surface area contributed by atoms with Gasteiger partial charge in [-0.1, -0.05) is 12.8 Å². The van der Waals surface area contributed by atoms with E-state index in [4.69, 9.17) is 4.74 Å². The topological polar surface area (TPSA) is 12.5 Å². The van der Waals surface area contributed by atoms with Gasteiger partial charge in [-0.05, 0) is 92.2 Å². The molecule has 1 fully saturated rings. The monoisotopic (exact) mass is 373 g/mol. The van der Waals surface area contributed by atoms with Gasteiger partial charge in [0.15, 0.2) is 0 Å². The highest BCUT2D eigenvalue weighted by molar-refractivity contribution is 14.1. The van der Waals surface area contributed by atoms with Crippen LogP contribution in [0.25, 0.3) is 0 Å². The third kappa shape index (κ3) is 6.13. The predicted molar refractivity (Wildman–Crippen MR) is 88.8 cm³/mol. The van der Waals surface area contributed by atoms with E-state index in [1.807, 2.05) is 0 Å². The lowest BCUT2D eigenvalue weighted by Gasteiger charge is -2.19. The number of benzene rings is 1. The van der Waals surface area contributed by atoms with Gasteiger partial charge in [-0.15, -0.1) is 0 Å². The molecule has 0 aliphatic carbocycles. The van der Waals surface area contributed by atoms with Gasteiger partial charge >= 0.3 is 0 Å². The SMILES string of the molecule is Ic1ccc(OCCCCN2CCCCCC2)cc1. The first-order valence-corrected chi connectivity index (χ1v) is 8.53. The lowest BCUT2D eigenvalue weighted by Crippen LogP contribution is -2.25. The number of halogens is 1. The Hall–Kier alpha value is -0.290. The van der Waals surface area contributed by atoms with Gasteiger partial charge in [-0.25, -0.2) is 0 Å². The highest BCUT2D eigenvalue weighted by Crippen LogP contribution is 2.14. The van der Waals surface area contributed by atoms with E-state index < -0.39 is 0 Å². The van der Waals surface area contributed by atoms with E-state index in [1.54, 1.807) is 0 Å². The standard InChI is InChI=1S/C16H24INO/c17-15-7-9-16(10-8-15)19-14-6-5-13-18-11-3-1-2-4-12-18/h7-10H,1-6,11-14H2. The van der Waals surface area contributed by atoms with E-state index in [0.29, 0.717) is 0 Å². The molecule has 2 nitrogen and oxygen atoms in total. The highest BCUT2D eigenvalue weighted by Gasteiger charge is 2.07. The fourth-order valence-corrected chi connectivity index (χ4v) is 2.88. The van der Waals surface area contributed by atoms with Crippen LogP contribution in [0.3, 0.4) is 0 Å². The van der Waals surface area contributed by atoms with Gasteiger partial charge in [-0.2, -0.15) is 0 Å². The summed E-state index contributed by atoms with van der Waals surface area (Å²) in [5.41, 5.74) is 0. The van der Waals surface area contributed by atoms with E-state index in [2.05, 4.69) is 51.8 Å². The van der Waals surface area contributed by atoms with Crippen LogP contribution in [-0.4, -0.2) is 31.1 Å². The zero-order chi connectivity index (χ0) is 13.3. The Bertz CT molecular complexity index is 344. The second-order valence-corrected chi connectivity index (χ2v) is 6.51. The Kier molecular flexibility index (Phi) is 6.99. The minimum absolute atomic E-state index is 0.842. The van der Waals surface area contributed by atoms with Crippen molar-refractivity contribution in [1.29, 1.82) is 0 Å². The molecule has 0 unspecified atom stereocenters. The average molecular weight is 373 g/mol. The molecule has 106 valence electrons. The molecule has 0 bridgehead atoms. The largest absolute Gasteiger partial charge is 0.494 e. The number of hydrogen-bond acceptors (Lipinski definition) is 2. The second-order valence-electron chi connectivity index (χ2n) is 5.27. The van der Waals surface area contributed by atoms with E-state index in [9.17, 15) is 0 Å². The van der Waals surface area contributed by atoms with Crippen LogP contribution in [-0.2, 0) is 0 Å². The Morgan fingerprint density at radius 3 is 2.32 bits per heavy atom. The van der Waals surface area contributed by atoms with E-state index >= 15 is 0 Å². The molecular weight excluding hydrogens is 349 g/mol. The minimum Gasteiger partial charge on any atom is -0.494 e. The number of rotatable bonds is 6. The third-order valence-corrected chi connectivity index (χ3v) is 4.37. The van der Waals surface area contributed by atoms with Crippen molar-refractivity contribution in [1.82, 2.24) is 4.90 Å². The molecule has 1 aliphatic heterocycles. The van der Waals surface area contributed by atoms with Gasteiger partial charge in [-0.3, -0.25) is 0 Å². The first-order valence-electron chi connectivity index (χ1n) is 7.45. The zero-order valence-electron chi connectivity index (χ0n) is 11.6. The normalized spacial score (nSPS) is 17.1. The molecular formula is C16H24INO. The van der Waals surface area contributed by atoms with Crippen molar-refractivity contribution in [2.75, 3.05) is 26.2 Å². The molecule has 0 radical (unpaired) electrons. The number of likely N-dealkylation sites (tertiary alicyclic amines) is 1. The molecule has 0 atom stereocenters. The fraction of sp³-hybridized carbons (Fsp3) is 0.625. The van der Waals surface area contributed by atoms with Crippen molar-refractivity contribution in [3.05, 3.63) is 27.8 Å². The molecule has 0 saturated carbocycles. The Labute approximate surface area is 130 Å². The molecule has 3 heteroatoms. The van der Waals surface area contributed by atoms with Crippen LogP contribution >= 0.6 is 22.6 Å². The summed E-state index contributed by atoms with van der Waals surface area (Å²) >= 11 is 2.31. The summed E-state index contributed by atoms with van der Waals surface area (Å²) in [7, 11) is 0. The van der Waals surface area contributed by atoms with Crippen LogP contribution < -0.4 is 4.74 Å². The maximum atomic E-state index is 5.75. The van der Waals surface area contributed by atoms with Gasteiger partial charge in [0.05, 0.1) is 6.61 Å². The summed E-state index contributed by atoms with van der Waals surface area (Å²) in [4.78, 5) is 2.62. The molecule has 1 aromatic carbocycles. The van der Waals surface area contributed by atoms with Crippen molar-refractivity contribution in [2.45, 2.75) is 38.5 Å². The van der Waals surface area contributed by atoms with Crippen LogP contribution in [0, 0.1) is 3.57 Å². The van der Waals surface area contributed by atoms with Crippen LogP contribution in [0.1, 0.15) is 38.5 Å². The van der Waals surface area contributed by atoms with Gasteiger partial charge in [0.1, 0.15) is 5.75 Å². The lowest BCUT2D eigenvalue weighted by molar-refractivity contribution is 0.256. The fourth-order valence-electron chi connectivity index (χ4n) is 2.52. The second kappa shape index (κ2) is 8.80. The number of unbranched alkanes of at least 4 members (excludes halogenated alkanes) is 1. The van der Waals surface area contributed by atoms with Gasteiger partial charge in [0.2, 0.25) is 0 Å². The quantitative estimate of drug-likeness (QED) is 0.544. The summed E-state index contributed by atoms with van der Waals surface area (Å²) in [6.45, 7) is 4.69. The molecule has 1 heterocycles. The molecule has 0 aromatic heterocycles. The molecule has 1 saturated heterocycles. The average Bonchev–Trinajstić information content (AvgIpc) is 2.69. The maximum absolute atomic E-state index is 5.75. The van der Waals surface area contributed by atoms with Crippen molar-refractivity contribution < 1.29 is 4.74 Å². The van der Waals surface area contributed by atoms with Crippen molar-refractivity contribution >= 4 is 22.6 Å². The van der Waals surface area contributed by atoms with E-state index in [1.165, 1.54) is 55.3 Å². The van der Waals surface area contributed by atoms with Gasteiger partial charge < -0.3 is 9.64 Å². The Morgan fingerprint density at radius 2 is 1.63 bits per heavy atom. The lowest BCUT2D eigenvalue weighted by atomic mass is 10.2. The van der Waals surface area contributed by atoms with Crippen molar-refractivity contribution in [3.63, 3.8) is 0 Å². The molecule has 0 spiro atoms. The predicted octanol–water partition coefficient (Wildman–Crippen LogP) is 4.33. The smallest absolute Gasteiger partial charge is 0.119 e. The number of hydrogen-bond donors (Lipinski definition) is 0. The molecule has 1 aliphatic rings. The number of nitrogens with zero attached hydrogens (tertiary/aromatic N) is 1. The van der Waals surface area contributed by atoms with E-state index in [0.717, 1.165) is 18.8 Å². The van der Waals surface area contributed by atoms with Crippen LogP contribution in [0.15, 0.2) is 24.3 Å². The molecule has 2 rings (SSSR count). The first kappa shape index (κ1) is 15.1. The van der Waals surface area contributed by atoms with E-state index in [-0.39, 0.29) is 0 Å². The molecule has 0 amide bonds. The number of ether oxygens (including phenoxy) is 1.